The van der Waals surface area contributed by atoms with Crippen LogP contribution < -0.4 is 4.73 Å². The fourth-order valence-electron chi connectivity index (χ4n) is 0.767. The predicted octanol–water partition coefficient (Wildman–Crippen LogP) is 1.54. The van der Waals surface area contributed by atoms with Gasteiger partial charge in [0.25, 0.3) is 0 Å². The normalized spacial score (nSPS) is 9.80. The van der Waals surface area contributed by atoms with Crippen molar-refractivity contribution in [2.45, 2.75) is 13.3 Å². The molecule has 0 bridgehead atoms. The van der Waals surface area contributed by atoms with E-state index >= 15 is 0 Å². The van der Waals surface area contributed by atoms with Gasteiger partial charge in [-0.05, 0) is 12.0 Å². The predicted molar refractivity (Wildman–Crippen MR) is 39.8 cm³/mol. The minimum atomic E-state index is 0.542. The molecule has 10 heavy (non-hydrogen) atoms. The monoisotopic (exact) mass is 157 g/mol. The van der Waals surface area contributed by atoms with Crippen LogP contribution in [0, 0.1) is 5.21 Å². The molecular formula is C7H8ClNO. The van der Waals surface area contributed by atoms with Gasteiger partial charge >= 0.3 is 0 Å². The molecule has 0 aliphatic heterocycles. The zero-order valence-electron chi connectivity index (χ0n) is 5.67. The van der Waals surface area contributed by atoms with Crippen LogP contribution in [-0.2, 0) is 6.42 Å². The first-order chi connectivity index (χ1) is 4.74. The summed E-state index contributed by atoms with van der Waals surface area (Å²) in [4.78, 5) is 0. The Hall–Kier alpha value is -0.760. The summed E-state index contributed by atoms with van der Waals surface area (Å²) in [5, 5.41) is 11.1. The molecule has 0 saturated heterocycles. The maximum Gasteiger partial charge on any atom is 0.199 e. The molecule has 1 aromatic rings. The molecule has 0 saturated carbocycles. The first-order valence-corrected chi connectivity index (χ1v) is 3.49. The number of aryl methyl sites for hydroxylation is 1. The van der Waals surface area contributed by atoms with Crippen LogP contribution in [0.1, 0.15) is 12.5 Å². The molecule has 0 amide bonds. The van der Waals surface area contributed by atoms with E-state index in [0.717, 1.165) is 12.0 Å². The van der Waals surface area contributed by atoms with Crippen molar-refractivity contribution in [1.29, 1.82) is 0 Å². The average molecular weight is 158 g/mol. The standard InChI is InChI=1S/C7H8ClNO/c1-2-6-3-4-9(10)5-7(6)8/h3-5H,2H2,1H3. The van der Waals surface area contributed by atoms with Gasteiger partial charge in [0, 0.05) is 6.07 Å². The van der Waals surface area contributed by atoms with Crippen LogP contribution in [0.25, 0.3) is 0 Å². The maximum absolute atomic E-state index is 10.6. The van der Waals surface area contributed by atoms with Gasteiger partial charge in [0.1, 0.15) is 5.02 Å². The van der Waals surface area contributed by atoms with Crippen molar-refractivity contribution >= 4 is 11.6 Å². The molecule has 1 rings (SSSR count). The lowest BCUT2D eigenvalue weighted by Crippen LogP contribution is -2.24. The molecule has 1 aromatic heterocycles. The van der Waals surface area contributed by atoms with E-state index in [1.165, 1.54) is 12.4 Å². The second-order valence-electron chi connectivity index (χ2n) is 2.03. The van der Waals surface area contributed by atoms with Crippen LogP contribution >= 0.6 is 11.6 Å². The lowest BCUT2D eigenvalue weighted by molar-refractivity contribution is -0.605. The maximum atomic E-state index is 10.6. The molecule has 0 N–H and O–H groups in total. The third-order valence-electron chi connectivity index (χ3n) is 1.35. The zero-order chi connectivity index (χ0) is 7.56. The number of halogens is 1. The number of pyridine rings is 1. The number of rotatable bonds is 1. The quantitative estimate of drug-likeness (QED) is 0.449. The topological polar surface area (TPSA) is 26.9 Å². The van der Waals surface area contributed by atoms with Gasteiger partial charge in [-0.2, -0.15) is 4.73 Å². The minimum absolute atomic E-state index is 0.542. The van der Waals surface area contributed by atoms with E-state index in [1.54, 1.807) is 6.07 Å². The molecule has 0 spiro atoms. The lowest BCUT2D eigenvalue weighted by Gasteiger charge is -1.99. The van der Waals surface area contributed by atoms with Gasteiger partial charge in [-0.15, -0.1) is 0 Å². The summed E-state index contributed by atoms with van der Waals surface area (Å²) >= 11 is 5.71. The zero-order valence-corrected chi connectivity index (χ0v) is 6.43. The van der Waals surface area contributed by atoms with Crippen LogP contribution in [0.5, 0.6) is 0 Å². The van der Waals surface area contributed by atoms with Gasteiger partial charge in [0.15, 0.2) is 12.4 Å². The second-order valence-corrected chi connectivity index (χ2v) is 2.44. The number of hydrogen-bond donors (Lipinski definition) is 0. The molecular weight excluding hydrogens is 150 g/mol. The van der Waals surface area contributed by atoms with Crippen LogP contribution in [-0.4, -0.2) is 0 Å². The molecule has 0 atom stereocenters. The highest BCUT2D eigenvalue weighted by Crippen LogP contribution is 2.11. The lowest BCUT2D eigenvalue weighted by atomic mass is 10.2. The highest BCUT2D eigenvalue weighted by atomic mass is 35.5. The Bertz CT molecular complexity index is 237. The fourth-order valence-corrected chi connectivity index (χ4v) is 1.06. The smallest absolute Gasteiger partial charge is 0.199 e. The SMILES string of the molecule is CCc1cc[n+]([O-])cc1Cl. The van der Waals surface area contributed by atoms with E-state index in [-0.39, 0.29) is 0 Å². The largest absolute Gasteiger partial charge is 0.619 e. The highest BCUT2D eigenvalue weighted by Gasteiger charge is 1.99. The van der Waals surface area contributed by atoms with Crippen LogP contribution in [0.4, 0.5) is 0 Å². The molecule has 3 heteroatoms. The minimum Gasteiger partial charge on any atom is -0.619 e. The van der Waals surface area contributed by atoms with Gasteiger partial charge in [-0.25, -0.2) is 0 Å². The molecule has 2 nitrogen and oxygen atoms in total. The van der Waals surface area contributed by atoms with Gasteiger partial charge in [0.2, 0.25) is 0 Å². The number of aromatic nitrogens is 1. The van der Waals surface area contributed by atoms with Crippen molar-refractivity contribution in [2.75, 3.05) is 0 Å². The van der Waals surface area contributed by atoms with Crippen LogP contribution in [0.15, 0.2) is 18.5 Å². The summed E-state index contributed by atoms with van der Waals surface area (Å²) in [5.74, 6) is 0. The summed E-state index contributed by atoms with van der Waals surface area (Å²) < 4.78 is 0.696. The third-order valence-corrected chi connectivity index (χ3v) is 1.69. The Morgan fingerprint density at radius 3 is 2.90 bits per heavy atom. The van der Waals surface area contributed by atoms with Crippen molar-refractivity contribution < 1.29 is 4.73 Å². The molecule has 0 aliphatic rings. The van der Waals surface area contributed by atoms with Crippen molar-refractivity contribution in [2.24, 2.45) is 0 Å². The molecule has 0 unspecified atom stereocenters. The fraction of sp³-hybridized carbons (Fsp3) is 0.286. The van der Waals surface area contributed by atoms with Gasteiger partial charge in [0.05, 0.1) is 0 Å². The third kappa shape index (κ3) is 1.39. The van der Waals surface area contributed by atoms with E-state index in [1.807, 2.05) is 6.92 Å². The van der Waals surface area contributed by atoms with E-state index in [4.69, 9.17) is 11.6 Å². The number of nitrogens with zero attached hydrogens (tertiary/aromatic N) is 1. The molecule has 0 aliphatic carbocycles. The van der Waals surface area contributed by atoms with E-state index in [2.05, 4.69) is 0 Å². The first-order valence-electron chi connectivity index (χ1n) is 3.11. The van der Waals surface area contributed by atoms with Gasteiger partial charge in [-0.1, -0.05) is 18.5 Å². The summed E-state index contributed by atoms with van der Waals surface area (Å²) in [6.45, 7) is 2.00. The Morgan fingerprint density at radius 2 is 2.40 bits per heavy atom. The Balaban J connectivity index is 3.07. The van der Waals surface area contributed by atoms with E-state index in [9.17, 15) is 5.21 Å². The number of hydrogen-bond acceptors (Lipinski definition) is 1. The summed E-state index contributed by atoms with van der Waals surface area (Å²) in [5.41, 5.74) is 1.01. The van der Waals surface area contributed by atoms with Gasteiger partial charge in [-0.3, -0.25) is 0 Å². The summed E-state index contributed by atoms with van der Waals surface area (Å²) in [7, 11) is 0. The molecule has 1 heterocycles. The van der Waals surface area contributed by atoms with E-state index < -0.39 is 0 Å². The second kappa shape index (κ2) is 2.88. The van der Waals surface area contributed by atoms with Crippen LogP contribution in [0.2, 0.25) is 5.02 Å². The van der Waals surface area contributed by atoms with Crippen molar-refractivity contribution in [1.82, 2.24) is 0 Å². The van der Waals surface area contributed by atoms with Crippen molar-refractivity contribution in [3.63, 3.8) is 0 Å². The Morgan fingerprint density at radius 1 is 1.70 bits per heavy atom. The molecule has 54 valence electrons. The molecule has 0 radical (unpaired) electrons. The molecule has 0 aromatic carbocycles. The summed E-state index contributed by atoms with van der Waals surface area (Å²) in [6.07, 6.45) is 3.67. The Kier molecular flexibility index (Phi) is 2.12. The molecule has 0 fully saturated rings. The van der Waals surface area contributed by atoms with Crippen molar-refractivity contribution in [3.05, 3.63) is 34.3 Å². The van der Waals surface area contributed by atoms with Gasteiger partial charge < -0.3 is 5.21 Å². The highest BCUT2D eigenvalue weighted by molar-refractivity contribution is 6.31. The van der Waals surface area contributed by atoms with Crippen LogP contribution in [0.3, 0.4) is 0 Å². The Labute approximate surface area is 64.6 Å². The van der Waals surface area contributed by atoms with E-state index in [0.29, 0.717) is 9.75 Å². The first kappa shape index (κ1) is 7.35. The average Bonchev–Trinajstić information content (AvgIpc) is 1.88. The summed E-state index contributed by atoms with van der Waals surface area (Å²) in [6, 6.07) is 1.73. The van der Waals surface area contributed by atoms with Crippen molar-refractivity contribution in [3.8, 4) is 0 Å².